The Morgan fingerprint density at radius 3 is 2.71 bits per heavy atom. The Morgan fingerprint density at radius 1 is 1.53 bits per heavy atom. The molecule has 0 amide bonds. The van der Waals surface area contributed by atoms with Crippen molar-refractivity contribution in [3.63, 3.8) is 0 Å². The van der Waals surface area contributed by atoms with Gasteiger partial charge in [-0.15, -0.1) is 0 Å². The van der Waals surface area contributed by atoms with Gasteiger partial charge >= 0.3 is 5.97 Å². The summed E-state index contributed by atoms with van der Waals surface area (Å²) in [6.45, 7) is 1.81. The highest BCUT2D eigenvalue weighted by Crippen LogP contribution is 2.48. The zero-order valence-corrected chi connectivity index (χ0v) is 10.4. The zero-order chi connectivity index (χ0) is 12.6. The lowest BCUT2D eigenvalue weighted by atomic mass is 9.89. The largest absolute Gasteiger partial charge is 0.506 e. The molecule has 17 heavy (non-hydrogen) atoms. The lowest BCUT2D eigenvalue weighted by molar-refractivity contribution is -0.137. The Morgan fingerprint density at radius 2 is 2.18 bits per heavy atom. The molecule has 92 valence electrons. The van der Waals surface area contributed by atoms with Gasteiger partial charge in [-0.1, -0.05) is 23.7 Å². The molecular formula is C13H15ClO3. The molecule has 1 saturated carbocycles. The number of phenols is 1. The van der Waals surface area contributed by atoms with Crippen molar-refractivity contribution >= 4 is 17.6 Å². The van der Waals surface area contributed by atoms with Crippen LogP contribution in [-0.4, -0.2) is 16.2 Å². The van der Waals surface area contributed by atoms with Gasteiger partial charge in [0.1, 0.15) is 5.75 Å². The first kappa shape index (κ1) is 12.2. The average molecular weight is 255 g/mol. The molecule has 1 aromatic carbocycles. The van der Waals surface area contributed by atoms with E-state index in [1.54, 1.807) is 6.07 Å². The predicted molar refractivity (Wildman–Crippen MR) is 65.6 cm³/mol. The SMILES string of the molecule is Cc1ccc(C(CC(=O)O)C2CC2)c(O)c1Cl. The molecule has 0 saturated heterocycles. The molecule has 1 atom stereocenters. The number of aryl methyl sites for hydroxylation is 1. The van der Waals surface area contributed by atoms with Crippen LogP contribution in [0.2, 0.25) is 5.02 Å². The molecule has 1 aliphatic rings. The third-order valence-corrected chi connectivity index (χ3v) is 3.80. The van der Waals surface area contributed by atoms with E-state index in [-0.39, 0.29) is 18.1 Å². The molecule has 2 rings (SSSR count). The van der Waals surface area contributed by atoms with E-state index in [2.05, 4.69) is 0 Å². The summed E-state index contributed by atoms with van der Waals surface area (Å²) in [5, 5.41) is 19.3. The van der Waals surface area contributed by atoms with Gasteiger partial charge in [-0.25, -0.2) is 0 Å². The number of halogens is 1. The molecule has 1 aromatic rings. The number of hydrogen-bond acceptors (Lipinski definition) is 2. The van der Waals surface area contributed by atoms with Gasteiger partial charge in [0.05, 0.1) is 11.4 Å². The molecule has 3 nitrogen and oxygen atoms in total. The fourth-order valence-corrected chi connectivity index (χ4v) is 2.37. The third-order valence-electron chi connectivity index (χ3n) is 3.33. The van der Waals surface area contributed by atoms with Gasteiger partial charge in [0.2, 0.25) is 0 Å². The van der Waals surface area contributed by atoms with E-state index in [0.29, 0.717) is 16.5 Å². The Hall–Kier alpha value is -1.22. The molecule has 1 unspecified atom stereocenters. The summed E-state index contributed by atoms with van der Waals surface area (Å²) in [5.74, 6) is -0.538. The molecule has 0 bridgehead atoms. The maximum atomic E-state index is 10.9. The van der Waals surface area contributed by atoms with Crippen LogP contribution in [0.25, 0.3) is 0 Å². The molecule has 1 aliphatic carbocycles. The minimum absolute atomic E-state index is 0.0461. The topological polar surface area (TPSA) is 57.5 Å². The van der Waals surface area contributed by atoms with Gasteiger partial charge in [-0.3, -0.25) is 4.79 Å². The summed E-state index contributed by atoms with van der Waals surface area (Å²) in [7, 11) is 0. The maximum absolute atomic E-state index is 10.9. The van der Waals surface area contributed by atoms with Crippen molar-refractivity contribution in [1.82, 2.24) is 0 Å². The smallest absolute Gasteiger partial charge is 0.303 e. The van der Waals surface area contributed by atoms with Crippen LogP contribution in [0.1, 0.15) is 36.3 Å². The van der Waals surface area contributed by atoms with Crippen LogP contribution in [0, 0.1) is 12.8 Å². The number of phenolic OH excluding ortho intramolecular Hbond substituents is 1. The van der Waals surface area contributed by atoms with E-state index < -0.39 is 5.97 Å². The van der Waals surface area contributed by atoms with Gasteiger partial charge in [0.25, 0.3) is 0 Å². The van der Waals surface area contributed by atoms with E-state index in [1.165, 1.54) is 0 Å². The van der Waals surface area contributed by atoms with Crippen LogP contribution >= 0.6 is 11.6 Å². The second-order valence-corrected chi connectivity index (χ2v) is 5.05. The summed E-state index contributed by atoms with van der Waals surface area (Å²) in [5.41, 5.74) is 1.48. The second kappa shape index (κ2) is 4.57. The number of aromatic hydroxyl groups is 1. The minimum Gasteiger partial charge on any atom is -0.506 e. The van der Waals surface area contributed by atoms with Gasteiger partial charge in [0, 0.05) is 5.92 Å². The molecule has 0 aromatic heterocycles. The lowest BCUT2D eigenvalue weighted by Crippen LogP contribution is -2.08. The molecule has 1 fully saturated rings. The van der Waals surface area contributed by atoms with Crippen LogP contribution in [0.4, 0.5) is 0 Å². The molecule has 2 N–H and O–H groups in total. The molecule has 0 heterocycles. The van der Waals surface area contributed by atoms with Gasteiger partial charge in [0.15, 0.2) is 0 Å². The minimum atomic E-state index is -0.835. The summed E-state index contributed by atoms with van der Waals surface area (Å²) < 4.78 is 0. The summed E-state index contributed by atoms with van der Waals surface area (Å²) >= 11 is 5.99. The quantitative estimate of drug-likeness (QED) is 0.867. The van der Waals surface area contributed by atoms with E-state index in [9.17, 15) is 9.90 Å². The first-order valence-electron chi connectivity index (χ1n) is 5.70. The van der Waals surface area contributed by atoms with E-state index in [1.807, 2.05) is 13.0 Å². The maximum Gasteiger partial charge on any atom is 0.303 e. The van der Waals surface area contributed by atoms with Crippen molar-refractivity contribution in [1.29, 1.82) is 0 Å². The average Bonchev–Trinajstić information content (AvgIpc) is 3.07. The number of rotatable bonds is 4. The van der Waals surface area contributed by atoms with Crippen molar-refractivity contribution in [2.24, 2.45) is 5.92 Å². The fraction of sp³-hybridized carbons (Fsp3) is 0.462. The molecule has 0 aliphatic heterocycles. The Bertz CT molecular complexity index is 452. The summed E-state index contributed by atoms with van der Waals surface area (Å²) in [6.07, 6.45) is 2.11. The highest BCUT2D eigenvalue weighted by molar-refractivity contribution is 6.32. The van der Waals surface area contributed by atoms with Gasteiger partial charge < -0.3 is 10.2 Å². The third kappa shape index (κ3) is 2.55. The van der Waals surface area contributed by atoms with Crippen molar-refractivity contribution in [3.8, 4) is 5.75 Å². The standard InChI is InChI=1S/C13H15ClO3/c1-7-2-5-9(13(17)12(7)14)10(6-11(15)16)8-3-4-8/h2,5,8,10,17H,3-4,6H2,1H3,(H,15,16). The first-order chi connectivity index (χ1) is 8.00. The fourth-order valence-electron chi connectivity index (χ4n) is 2.20. The van der Waals surface area contributed by atoms with Crippen molar-refractivity contribution in [2.45, 2.75) is 32.1 Å². The van der Waals surface area contributed by atoms with E-state index in [4.69, 9.17) is 16.7 Å². The predicted octanol–water partition coefficient (Wildman–Crippen LogP) is 3.32. The van der Waals surface area contributed by atoms with Crippen molar-refractivity contribution < 1.29 is 15.0 Å². The van der Waals surface area contributed by atoms with Gasteiger partial charge in [-0.05, 0) is 36.8 Å². The van der Waals surface area contributed by atoms with Crippen molar-refractivity contribution in [3.05, 3.63) is 28.3 Å². The van der Waals surface area contributed by atoms with Crippen LogP contribution in [-0.2, 0) is 4.79 Å². The second-order valence-electron chi connectivity index (χ2n) is 4.68. The monoisotopic (exact) mass is 254 g/mol. The van der Waals surface area contributed by atoms with Crippen LogP contribution in [0.15, 0.2) is 12.1 Å². The number of carbonyl (C=O) groups is 1. The lowest BCUT2D eigenvalue weighted by Gasteiger charge is -2.17. The zero-order valence-electron chi connectivity index (χ0n) is 9.61. The molecule has 4 heteroatoms. The number of aliphatic carboxylic acids is 1. The van der Waals surface area contributed by atoms with Gasteiger partial charge in [-0.2, -0.15) is 0 Å². The number of hydrogen-bond donors (Lipinski definition) is 2. The van der Waals surface area contributed by atoms with E-state index >= 15 is 0 Å². The van der Waals surface area contributed by atoms with Crippen LogP contribution in [0.5, 0.6) is 5.75 Å². The van der Waals surface area contributed by atoms with E-state index in [0.717, 1.165) is 18.4 Å². The first-order valence-corrected chi connectivity index (χ1v) is 6.08. The Balaban J connectivity index is 2.35. The number of carboxylic acid groups (broad SMARTS) is 1. The molecular weight excluding hydrogens is 240 g/mol. The highest BCUT2D eigenvalue weighted by atomic mass is 35.5. The summed E-state index contributed by atoms with van der Waals surface area (Å²) in [4.78, 5) is 10.9. The molecule has 0 radical (unpaired) electrons. The molecule has 0 spiro atoms. The highest BCUT2D eigenvalue weighted by Gasteiger charge is 2.35. The Labute approximate surface area is 105 Å². The van der Waals surface area contributed by atoms with Crippen LogP contribution in [0.3, 0.4) is 0 Å². The number of benzene rings is 1. The number of carboxylic acids is 1. The normalized spacial score (nSPS) is 16.8. The Kier molecular flexibility index (Phi) is 3.29. The van der Waals surface area contributed by atoms with Crippen molar-refractivity contribution in [2.75, 3.05) is 0 Å². The van der Waals surface area contributed by atoms with Crippen LogP contribution < -0.4 is 0 Å². The summed E-state index contributed by atoms with van der Waals surface area (Å²) in [6, 6.07) is 3.62.